The van der Waals surface area contributed by atoms with E-state index in [4.69, 9.17) is 25.8 Å². The second-order valence-corrected chi connectivity index (χ2v) is 8.86. The zero-order valence-electron chi connectivity index (χ0n) is 20.3. The van der Waals surface area contributed by atoms with Crippen LogP contribution in [0.2, 0.25) is 0 Å². The Morgan fingerprint density at radius 2 is 1.83 bits per heavy atom. The van der Waals surface area contributed by atoms with E-state index in [0.717, 1.165) is 40.7 Å². The highest BCUT2D eigenvalue weighted by atomic mass is 32.1. The van der Waals surface area contributed by atoms with Crippen LogP contribution < -0.4 is 10.5 Å². The minimum Gasteiger partial charge on any atom is -0.498 e. The van der Waals surface area contributed by atoms with Gasteiger partial charge in [-0.25, -0.2) is 4.79 Å². The van der Waals surface area contributed by atoms with Crippen molar-refractivity contribution in [2.75, 3.05) is 7.11 Å². The van der Waals surface area contributed by atoms with Crippen LogP contribution in [0.15, 0.2) is 44.0 Å². The summed E-state index contributed by atoms with van der Waals surface area (Å²) in [5, 5.41) is 17.9. The van der Waals surface area contributed by atoms with Gasteiger partial charge in [0.2, 0.25) is 11.8 Å². The molecule has 0 amide bonds. The van der Waals surface area contributed by atoms with Gasteiger partial charge < -0.3 is 18.7 Å². The number of oxazole rings is 1. The van der Waals surface area contributed by atoms with Gasteiger partial charge in [-0.1, -0.05) is 6.08 Å². The molecule has 0 aliphatic heterocycles. The first-order valence-corrected chi connectivity index (χ1v) is 11.6. The third-order valence-electron chi connectivity index (χ3n) is 5.92. The van der Waals surface area contributed by atoms with Crippen LogP contribution in [-0.2, 0) is 13.5 Å². The average Bonchev–Trinajstić information content (AvgIpc) is 3.36. The second-order valence-electron chi connectivity index (χ2n) is 8.47. The van der Waals surface area contributed by atoms with Gasteiger partial charge in [0.1, 0.15) is 5.75 Å². The number of aliphatic hydroxyl groups excluding tert-OH is 1. The lowest BCUT2D eigenvalue weighted by Gasteiger charge is -2.16. The van der Waals surface area contributed by atoms with Crippen molar-refractivity contribution < 1.29 is 18.7 Å². The molecule has 2 aromatic heterocycles. The SMILES string of the molecule is COc1c(C)cc(C(=CCCCc2nnc(C)o2)c2cc(C)c3oc(=O)n(C)c3c2)cc1C(O)=S. The van der Waals surface area contributed by atoms with Crippen LogP contribution in [0.25, 0.3) is 16.7 Å². The molecule has 0 bridgehead atoms. The molecule has 0 atom stereocenters. The van der Waals surface area contributed by atoms with Gasteiger partial charge in [-0.3, -0.25) is 4.57 Å². The number of thiocarbonyl (C=S) groups is 1. The molecule has 0 aliphatic carbocycles. The van der Waals surface area contributed by atoms with Gasteiger partial charge in [0.25, 0.3) is 0 Å². The molecular formula is C26H27N3O5S. The van der Waals surface area contributed by atoms with E-state index < -0.39 is 5.76 Å². The lowest BCUT2D eigenvalue weighted by atomic mass is 9.92. The molecule has 0 unspecified atom stereocenters. The molecule has 182 valence electrons. The summed E-state index contributed by atoms with van der Waals surface area (Å²) in [7, 11) is 3.24. The number of rotatable bonds is 8. The first-order valence-electron chi connectivity index (χ1n) is 11.2. The number of methoxy groups -OCH3 is 1. The predicted molar refractivity (Wildman–Crippen MR) is 137 cm³/mol. The fourth-order valence-corrected chi connectivity index (χ4v) is 4.40. The van der Waals surface area contributed by atoms with E-state index in [9.17, 15) is 9.90 Å². The fourth-order valence-electron chi connectivity index (χ4n) is 4.25. The Morgan fingerprint density at radius 3 is 2.49 bits per heavy atom. The summed E-state index contributed by atoms with van der Waals surface area (Å²) in [6.07, 6.45) is 4.33. The van der Waals surface area contributed by atoms with Crippen molar-refractivity contribution in [2.24, 2.45) is 7.05 Å². The quantitative estimate of drug-likeness (QED) is 0.266. The summed E-state index contributed by atoms with van der Waals surface area (Å²) >= 11 is 5.09. The van der Waals surface area contributed by atoms with E-state index in [2.05, 4.69) is 16.3 Å². The van der Waals surface area contributed by atoms with Gasteiger partial charge in [0.05, 0.1) is 18.2 Å². The summed E-state index contributed by atoms with van der Waals surface area (Å²) in [4.78, 5) is 12.1. The molecular weight excluding hydrogens is 466 g/mol. The fraction of sp³-hybridized carbons (Fsp3) is 0.308. The Morgan fingerprint density at radius 1 is 1.11 bits per heavy atom. The Labute approximate surface area is 207 Å². The molecule has 2 aromatic carbocycles. The first kappa shape index (κ1) is 24.4. The molecule has 0 saturated carbocycles. The van der Waals surface area contributed by atoms with Crippen molar-refractivity contribution in [1.29, 1.82) is 0 Å². The highest BCUT2D eigenvalue weighted by Crippen LogP contribution is 2.34. The second kappa shape index (κ2) is 9.87. The monoisotopic (exact) mass is 493 g/mol. The van der Waals surface area contributed by atoms with Crippen molar-refractivity contribution >= 4 is 33.9 Å². The Kier molecular flexibility index (Phi) is 6.88. The molecule has 0 radical (unpaired) electrons. The maximum absolute atomic E-state index is 12.1. The molecule has 35 heavy (non-hydrogen) atoms. The lowest BCUT2D eigenvalue weighted by Crippen LogP contribution is -2.08. The maximum Gasteiger partial charge on any atom is 0.419 e. The largest absolute Gasteiger partial charge is 0.498 e. The van der Waals surface area contributed by atoms with E-state index in [1.54, 1.807) is 21.1 Å². The molecule has 0 aliphatic rings. The van der Waals surface area contributed by atoms with Crippen LogP contribution in [0.4, 0.5) is 0 Å². The topological polar surface area (TPSA) is 104 Å². The minimum atomic E-state index is -0.408. The van der Waals surface area contributed by atoms with Crippen molar-refractivity contribution in [3.05, 3.63) is 80.5 Å². The molecule has 9 heteroatoms. The van der Waals surface area contributed by atoms with E-state index in [0.29, 0.717) is 40.6 Å². The molecule has 0 spiro atoms. The number of hydrogen-bond acceptors (Lipinski definition) is 7. The minimum absolute atomic E-state index is 0.234. The number of benzene rings is 2. The van der Waals surface area contributed by atoms with Gasteiger partial charge in [-0.15, -0.1) is 10.2 Å². The third kappa shape index (κ3) is 4.90. The molecule has 4 rings (SSSR count). The van der Waals surface area contributed by atoms with E-state index >= 15 is 0 Å². The summed E-state index contributed by atoms with van der Waals surface area (Å²) in [5.41, 5.74) is 6.15. The normalized spacial score (nSPS) is 11.9. The maximum atomic E-state index is 12.1. The van der Waals surface area contributed by atoms with Crippen LogP contribution in [-0.4, -0.2) is 32.0 Å². The summed E-state index contributed by atoms with van der Waals surface area (Å²) < 4.78 is 17.9. The zero-order valence-corrected chi connectivity index (χ0v) is 21.2. The lowest BCUT2D eigenvalue weighted by molar-refractivity contribution is 0.409. The van der Waals surface area contributed by atoms with Crippen molar-refractivity contribution in [3.63, 3.8) is 0 Å². The van der Waals surface area contributed by atoms with Crippen LogP contribution in [0.1, 0.15) is 52.4 Å². The van der Waals surface area contributed by atoms with Gasteiger partial charge in [0, 0.05) is 20.4 Å². The van der Waals surface area contributed by atoms with Crippen molar-refractivity contribution in [1.82, 2.24) is 14.8 Å². The van der Waals surface area contributed by atoms with E-state index in [1.165, 1.54) is 4.57 Å². The van der Waals surface area contributed by atoms with Crippen LogP contribution in [0.3, 0.4) is 0 Å². The number of fused-ring (bicyclic) bond motifs is 1. The summed E-state index contributed by atoms with van der Waals surface area (Å²) in [5.74, 6) is 1.29. The van der Waals surface area contributed by atoms with Crippen LogP contribution >= 0.6 is 12.2 Å². The van der Waals surface area contributed by atoms with Gasteiger partial charge in [-0.2, -0.15) is 0 Å². The number of nitrogens with zero attached hydrogens (tertiary/aromatic N) is 3. The van der Waals surface area contributed by atoms with Gasteiger partial charge in [-0.05, 0) is 91.0 Å². The van der Waals surface area contributed by atoms with E-state index in [1.807, 2.05) is 38.1 Å². The molecule has 1 N–H and O–H groups in total. The number of hydrogen-bond donors (Lipinski definition) is 1. The number of aromatic nitrogens is 3. The van der Waals surface area contributed by atoms with Gasteiger partial charge in [0.15, 0.2) is 10.6 Å². The van der Waals surface area contributed by atoms with Crippen LogP contribution in [0, 0.1) is 20.8 Å². The van der Waals surface area contributed by atoms with Crippen molar-refractivity contribution in [3.8, 4) is 5.75 Å². The number of aliphatic hydroxyl groups is 1. The predicted octanol–water partition coefficient (Wildman–Crippen LogP) is 5.14. The molecule has 2 heterocycles. The van der Waals surface area contributed by atoms with Crippen LogP contribution in [0.5, 0.6) is 5.75 Å². The standard InChI is InChI=1S/C26H27N3O5S/c1-14-10-17(12-20(25(30)35)23(14)32-5)19(8-6-7-9-22-28-27-16(3)33-22)18-11-15(2)24-21(13-18)29(4)26(31)34-24/h8,10-13H,6-7,9H2,1-5H3,(H,30,35). The molecule has 0 saturated heterocycles. The zero-order chi connectivity index (χ0) is 25.3. The smallest absolute Gasteiger partial charge is 0.419 e. The number of ether oxygens (including phenoxy) is 1. The average molecular weight is 494 g/mol. The summed E-state index contributed by atoms with van der Waals surface area (Å²) in [6.45, 7) is 5.59. The Bertz CT molecular complexity index is 1510. The number of allylic oxidation sites excluding steroid dienone is 1. The van der Waals surface area contributed by atoms with Crippen molar-refractivity contribution in [2.45, 2.75) is 40.0 Å². The first-order chi connectivity index (χ1) is 16.7. The Balaban J connectivity index is 1.81. The molecule has 8 nitrogen and oxygen atoms in total. The highest BCUT2D eigenvalue weighted by molar-refractivity contribution is 7.80. The third-order valence-corrected chi connectivity index (χ3v) is 6.14. The number of aryl methyl sites for hydroxylation is 5. The number of unbranched alkanes of at least 4 members (excludes halogenated alkanes) is 1. The van der Waals surface area contributed by atoms with Gasteiger partial charge >= 0.3 is 5.76 Å². The Hall–Kier alpha value is -3.72. The summed E-state index contributed by atoms with van der Waals surface area (Å²) in [6, 6.07) is 7.77. The molecule has 0 fully saturated rings. The molecule has 4 aromatic rings. The van der Waals surface area contributed by atoms with E-state index in [-0.39, 0.29) is 5.05 Å². The highest BCUT2D eigenvalue weighted by Gasteiger charge is 2.18.